The lowest BCUT2D eigenvalue weighted by molar-refractivity contribution is -0.151. The largest absolute Gasteiger partial charge is 0.480 e. The summed E-state index contributed by atoms with van der Waals surface area (Å²) in [5.41, 5.74) is 0. The Morgan fingerprint density at radius 1 is 1.50 bits per heavy atom. The summed E-state index contributed by atoms with van der Waals surface area (Å²) in [5, 5.41) is 11.3. The minimum atomic E-state index is -1.01. The predicted octanol–water partition coefficient (Wildman–Crippen LogP) is -0.557. The Hall–Kier alpha value is -1.43. The van der Waals surface area contributed by atoms with E-state index in [4.69, 9.17) is 5.11 Å². The number of hydrogen-bond donors (Lipinski definition) is 2. The van der Waals surface area contributed by atoms with Crippen molar-refractivity contribution < 1.29 is 19.5 Å². The van der Waals surface area contributed by atoms with Crippen molar-refractivity contribution in [1.82, 2.24) is 10.2 Å². The van der Waals surface area contributed by atoms with Crippen molar-refractivity contribution in [3.63, 3.8) is 0 Å². The van der Waals surface area contributed by atoms with E-state index in [0.717, 1.165) is 0 Å². The van der Waals surface area contributed by atoms with E-state index < -0.39 is 29.9 Å². The van der Waals surface area contributed by atoms with Gasteiger partial charge in [-0.25, -0.2) is 0 Å². The number of nitrogens with one attached hydrogen (secondary N) is 1. The van der Waals surface area contributed by atoms with E-state index >= 15 is 0 Å². The summed E-state index contributed by atoms with van der Waals surface area (Å²) in [6, 6.07) is -1.41. The molecule has 1 rings (SSSR count). The molecular formula is C10H16N2O4. The number of carboxylic acids is 1. The standard InChI is InChI=1S/C10H16N2O4/c1-5(2)8(10(15)16)12-4-7(13)11-9(14)6(12)3/h5-6,8H,4H2,1-3H3,(H,15,16)(H,11,13,14). The summed E-state index contributed by atoms with van der Waals surface area (Å²) >= 11 is 0. The minimum Gasteiger partial charge on any atom is -0.480 e. The molecule has 2 atom stereocenters. The van der Waals surface area contributed by atoms with Gasteiger partial charge in [-0.3, -0.25) is 24.6 Å². The van der Waals surface area contributed by atoms with Crippen LogP contribution in [-0.2, 0) is 14.4 Å². The molecular weight excluding hydrogens is 212 g/mol. The van der Waals surface area contributed by atoms with Gasteiger partial charge in [-0.1, -0.05) is 13.8 Å². The van der Waals surface area contributed by atoms with Crippen LogP contribution >= 0.6 is 0 Å². The average Bonchev–Trinajstić information content (AvgIpc) is 2.12. The van der Waals surface area contributed by atoms with Gasteiger partial charge in [-0.15, -0.1) is 0 Å². The lowest BCUT2D eigenvalue weighted by Gasteiger charge is -2.37. The van der Waals surface area contributed by atoms with E-state index in [2.05, 4.69) is 5.32 Å². The number of carboxylic acid groups (broad SMARTS) is 1. The zero-order chi connectivity index (χ0) is 12.5. The highest BCUT2D eigenvalue weighted by molar-refractivity contribution is 6.01. The number of imide groups is 1. The molecule has 0 spiro atoms. The topological polar surface area (TPSA) is 86.7 Å². The number of nitrogens with zero attached hydrogens (tertiary/aromatic N) is 1. The normalized spacial score (nSPS) is 24.4. The predicted molar refractivity (Wildman–Crippen MR) is 55.6 cm³/mol. The molecule has 0 aliphatic carbocycles. The third-order valence-corrected chi connectivity index (χ3v) is 2.71. The second-order valence-electron chi connectivity index (χ2n) is 4.29. The van der Waals surface area contributed by atoms with Crippen LogP contribution in [-0.4, -0.2) is 46.4 Å². The quantitative estimate of drug-likeness (QED) is 0.632. The molecule has 6 heteroatoms. The smallest absolute Gasteiger partial charge is 0.321 e. The first-order valence-electron chi connectivity index (χ1n) is 5.16. The Morgan fingerprint density at radius 3 is 2.50 bits per heavy atom. The second kappa shape index (κ2) is 4.61. The van der Waals surface area contributed by atoms with E-state index in [1.807, 2.05) is 0 Å². The van der Waals surface area contributed by atoms with Crippen LogP contribution in [0.2, 0.25) is 0 Å². The highest BCUT2D eigenvalue weighted by Gasteiger charge is 2.39. The fourth-order valence-corrected chi connectivity index (χ4v) is 1.88. The first-order chi connectivity index (χ1) is 7.34. The Labute approximate surface area is 93.6 Å². The summed E-state index contributed by atoms with van der Waals surface area (Å²) in [7, 11) is 0. The summed E-state index contributed by atoms with van der Waals surface area (Å²) in [6.45, 7) is 5.05. The molecule has 1 saturated heterocycles. The number of aliphatic carboxylic acids is 1. The first kappa shape index (κ1) is 12.6. The third-order valence-electron chi connectivity index (χ3n) is 2.71. The van der Waals surface area contributed by atoms with Gasteiger partial charge < -0.3 is 5.11 Å². The van der Waals surface area contributed by atoms with Crippen LogP contribution in [0.3, 0.4) is 0 Å². The molecule has 0 bridgehead atoms. The Bertz CT molecular complexity index is 327. The zero-order valence-electron chi connectivity index (χ0n) is 9.56. The first-order valence-corrected chi connectivity index (χ1v) is 5.16. The highest BCUT2D eigenvalue weighted by atomic mass is 16.4. The SMILES string of the molecule is CC(C)C(C(=O)O)N1CC(=O)NC(=O)C1C. The van der Waals surface area contributed by atoms with Gasteiger partial charge in [-0.2, -0.15) is 0 Å². The molecule has 2 unspecified atom stereocenters. The molecule has 0 saturated carbocycles. The van der Waals surface area contributed by atoms with Gasteiger partial charge in [0.2, 0.25) is 11.8 Å². The van der Waals surface area contributed by atoms with Crippen molar-refractivity contribution in [3.05, 3.63) is 0 Å². The van der Waals surface area contributed by atoms with Crippen LogP contribution in [0.25, 0.3) is 0 Å². The molecule has 6 nitrogen and oxygen atoms in total. The van der Waals surface area contributed by atoms with Crippen LogP contribution in [0, 0.1) is 5.92 Å². The van der Waals surface area contributed by atoms with Crippen LogP contribution in [0.15, 0.2) is 0 Å². The Kier molecular flexibility index (Phi) is 3.64. The fourth-order valence-electron chi connectivity index (χ4n) is 1.88. The molecule has 1 aliphatic rings. The van der Waals surface area contributed by atoms with Gasteiger partial charge in [-0.05, 0) is 12.8 Å². The molecule has 0 aromatic carbocycles. The van der Waals surface area contributed by atoms with Crippen molar-refractivity contribution in [2.75, 3.05) is 6.54 Å². The molecule has 16 heavy (non-hydrogen) atoms. The molecule has 1 aliphatic heterocycles. The van der Waals surface area contributed by atoms with Crippen molar-refractivity contribution in [1.29, 1.82) is 0 Å². The molecule has 2 amide bonds. The monoisotopic (exact) mass is 228 g/mol. The van der Waals surface area contributed by atoms with Crippen LogP contribution in [0.5, 0.6) is 0 Å². The van der Waals surface area contributed by atoms with Gasteiger partial charge in [0.1, 0.15) is 6.04 Å². The van der Waals surface area contributed by atoms with Gasteiger partial charge in [0.05, 0.1) is 12.6 Å². The maximum absolute atomic E-state index is 11.4. The maximum Gasteiger partial charge on any atom is 0.321 e. The highest BCUT2D eigenvalue weighted by Crippen LogP contribution is 2.16. The van der Waals surface area contributed by atoms with Crippen molar-refractivity contribution in [3.8, 4) is 0 Å². The lowest BCUT2D eigenvalue weighted by atomic mass is 9.99. The molecule has 1 fully saturated rings. The van der Waals surface area contributed by atoms with Gasteiger partial charge in [0, 0.05) is 0 Å². The van der Waals surface area contributed by atoms with Gasteiger partial charge >= 0.3 is 5.97 Å². The third kappa shape index (κ3) is 2.38. The number of piperazine rings is 1. The second-order valence-corrected chi connectivity index (χ2v) is 4.29. The van der Waals surface area contributed by atoms with Crippen molar-refractivity contribution in [2.45, 2.75) is 32.9 Å². The number of carbonyl (C=O) groups excluding carboxylic acids is 2. The van der Waals surface area contributed by atoms with E-state index in [-0.39, 0.29) is 12.5 Å². The molecule has 1 heterocycles. The number of carbonyl (C=O) groups is 3. The number of hydrogen-bond acceptors (Lipinski definition) is 4. The van der Waals surface area contributed by atoms with E-state index in [9.17, 15) is 14.4 Å². The molecule has 0 aromatic heterocycles. The summed E-state index contributed by atoms with van der Waals surface area (Å²) in [4.78, 5) is 35.1. The van der Waals surface area contributed by atoms with E-state index in [1.54, 1.807) is 20.8 Å². The van der Waals surface area contributed by atoms with E-state index in [0.29, 0.717) is 0 Å². The Morgan fingerprint density at radius 2 is 2.06 bits per heavy atom. The van der Waals surface area contributed by atoms with Crippen LogP contribution < -0.4 is 5.32 Å². The molecule has 0 aromatic rings. The molecule has 0 radical (unpaired) electrons. The Balaban J connectivity index is 2.94. The van der Waals surface area contributed by atoms with Gasteiger partial charge in [0.15, 0.2) is 0 Å². The lowest BCUT2D eigenvalue weighted by Crippen LogP contribution is -2.62. The summed E-state index contributed by atoms with van der Waals surface area (Å²) in [5.74, 6) is -2.07. The van der Waals surface area contributed by atoms with Crippen LogP contribution in [0.1, 0.15) is 20.8 Å². The fraction of sp³-hybridized carbons (Fsp3) is 0.700. The summed E-state index contributed by atoms with van der Waals surface area (Å²) < 4.78 is 0. The zero-order valence-corrected chi connectivity index (χ0v) is 9.56. The number of rotatable bonds is 3. The summed E-state index contributed by atoms with van der Waals surface area (Å²) in [6.07, 6.45) is 0. The van der Waals surface area contributed by atoms with Crippen LogP contribution in [0.4, 0.5) is 0 Å². The number of amides is 2. The molecule has 90 valence electrons. The van der Waals surface area contributed by atoms with Crippen molar-refractivity contribution in [2.24, 2.45) is 5.92 Å². The average molecular weight is 228 g/mol. The maximum atomic E-state index is 11.4. The molecule has 2 N–H and O–H groups in total. The van der Waals surface area contributed by atoms with Crippen molar-refractivity contribution >= 4 is 17.8 Å². The van der Waals surface area contributed by atoms with E-state index in [1.165, 1.54) is 4.90 Å². The minimum absolute atomic E-state index is 0.0535. The van der Waals surface area contributed by atoms with Gasteiger partial charge in [0.25, 0.3) is 0 Å².